The standard InChI is InChI=1S/C11H16N2O4S/c1-2-17-11(16)8-5-18-6-13(8)10(15)7-3-4-9(14)12-7/h7-8H,2-6H2,1H3,(H,12,14)/t7-,8+/m1/s1. The Hall–Kier alpha value is -1.24. The van der Waals surface area contributed by atoms with E-state index >= 15 is 0 Å². The van der Waals surface area contributed by atoms with E-state index in [0.717, 1.165) is 0 Å². The van der Waals surface area contributed by atoms with Gasteiger partial charge in [0.2, 0.25) is 11.8 Å². The minimum Gasteiger partial charge on any atom is -0.464 e. The van der Waals surface area contributed by atoms with E-state index in [0.29, 0.717) is 31.1 Å². The van der Waals surface area contributed by atoms with Crippen molar-refractivity contribution in [3.05, 3.63) is 0 Å². The molecule has 2 aliphatic rings. The number of nitrogens with zero attached hydrogens (tertiary/aromatic N) is 1. The summed E-state index contributed by atoms with van der Waals surface area (Å²) in [5.41, 5.74) is 0. The Morgan fingerprint density at radius 1 is 1.56 bits per heavy atom. The molecular weight excluding hydrogens is 256 g/mol. The summed E-state index contributed by atoms with van der Waals surface area (Å²) >= 11 is 1.52. The molecule has 1 N–H and O–H groups in total. The van der Waals surface area contributed by atoms with Gasteiger partial charge in [-0.3, -0.25) is 9.59 Å². The number of ether oxygens (including phenoxy) is 1. The van der Waals surface area contributed by atoms with Crippen molar-refractivity contribution < 1.29 is 19.1 Å². The van der Waals surface area contributed by atoms with Gasteiger partial charge in [-0.05, 0) is 13.3 Å². The van der Waals surface area contributed by atoms with Crippen molar-refractivity contribution in [2.75, 3.05) is 18.2 Å². The average molecular weight is 272 g/mol. The SMILES string of the molecule is CCOC(=O)[C@@H]1CSCN1C(=O)[C@H]1CCC(=O)N1. The van der Waals surface area contributed by atoms with Crippen molar-refractivity contribution in [2.24, 2.45) is 0 Å². The lowest BCUT2D eigenvalue weighted by Crippen LogP contribution is -2.49. The van der Waals surface area contributed by atoms with Crippen molar-refractivity contribution in [1.29, 1.82) is 0 Å². The normalized spacial score (nSPS) is 27.2. The molecule has 0 aromatic carbocycles. The van der Waals surface area contributed by atoms with E-state index in [1.165, 1.54) is 16.7 Å². The second kappa shape index (κ2) is 5.60. The lowest BCUT2D eigenvalue weighted by Gasteiger charge is -2.24. The van der Waals surface area contributed by atoms with Crippen LogP contribution < -0.4 is 5.32 Å². The number of carbonyl (C=O) groups excluding carboxylic acids is 3. The third-order valence-corrected chi connectivity index (χ3v) is 4.03. The second-order valence-electron chi connectivity index (χ2n) is 4.23. The molecule has 2 atom stereocenters. The lowest BCUT2D eigenvalue weighted by atomic mass is 10.2. The molecule has 0 unspecified atom stereocenters. The first-order valence-corrected chi connectivity index (χ1v) is 7.13. The van der Waals surface area contributed by atoms with Crippen molar-refractivity contribution in [1.82, 2.24) is 10.2 Å². The molecule has 2 fully saturated rings. The molecule has 0 aliphatic carbocycles. The number of rotatable bonds is 3. The van der Waals surface area contributed by atoms with Gasteiger partial charge in [-0.15, -0.1) is 11.8 Å². The van der Waals surface area contributed by atoms with Crippen LogP contribution in [0.3, 0.4) is 0 Å². The molecule has 0 saturated carbocycles. The minimum atomic E-state index is -0.514. The molecule has 100 valence electrons. The zero-order valence-corrected chi connectivity index (χ0v) is 11.0. The van der Waals surface area contributed by atoms with Crippen LogP contribution in [-0.2, 0) is 19.1 Å². The van der Waals surface area contributed by atoms with Gasteiger partial charge in [0.05, 0.1) is 12.5 Å². The van der Waals surface area contributed by atoms with Gasteiger partial charge in [-0.1, -0.05) is 0 Å². The summed E-state index contributed by atoms with van der Waals surface area (Å²) in [7, 11) is 0. The zero-order chi connectivity index (χ0) is 13.1. The Kier molecular flexibility index (Phi) is 4.11. The van der Waals surface area contributed by atoms with E-state index in [1.54, 1.807) is 6.92 Å². The molecule has 0 aromatic heterocycles. The highest BCUT2D eigenvalue weighted by Gasteiger charge is 2.40. The number of carbonyl (C=O) groups is 3. The molecule has 0 bridgehead atoms. The molecule has 0 spiro atoms. The van der Waals surface area contributed by atoms with Crippen LogP contribution in [0.2, 0.25) is 0 Å². The Morgan fingerprint density at radius 3 is 2.94 bits per heavy atom. The maximum absolute atomic E-state index is 12.2. The summed E-state index contributed by atoms with van der Waals surface area (Å²) in [5, 5.41) is 2.63. The maximum atomic E-state index is 12.2. The van der Waals surface area contributed by atoms with Crippen LogP contribution in [0.15, 0.2) is 0 Å². The highest BCUT2D eigenvalue weighted by Crippen LogP contribution is 2.24. The first-order valence-electron chi connectivity index (χ1n) is 5.97. The van der Waals surface area contributed by atoms with Gasteiger partial charge in [0.15, 0.2) is 0 Å². The van der Waals surface area contributed by atoms with Gasteiger partial charge < -0.3 is 15.0 Å². The molecule has 18 heavy (non-hydrogen) atoms. The van der Waals surface area contributed by atoms with Crippen LogP contribution in [0, 0.1) is 0 Å². The molecule has 0 radical (unpaired) electrons. The number of nitrogens with one attached hydrogen (secondary N) is 1. The highest BCUT2D eigenvalue weighted by molar-refractivity contribution is 7.99. The molecule has 7 heteroatoms. The Morgan fingerprint density at radius 2 is 2.33 bits per heavy atom. The van der Waals surface area contributed by atoms with E-state index in [1.807, 2.05) is 0 Å². The summed E-state index contributed by atoms with van der Waals surface area (Å²) in [5.74, 6) is 0.400. The van der Waals surface area contributed by atoms with E-state index in [4.69, 9.17) is 4.74 Å². The van der Waals surface area contributed by atoms with Crippen LogP contribution >= 0.6 is 11.8 Å². The summed E-state index contributed by atoms with van der Waals surface area (Å²) in [4.78, 5) is 36.5. The summed E-state index contributed by atoms with van der Waals surface area (Å²) < 4.78 is 4.96. The average Bonchev–Trinajstić information content (AvgIpc) is 2.96. The van der Waals surface area contributed by atoms with Crippen molar-refractivity contribution in [3.63, 3.8) is 0 Å². The Bertz CT molecular complexity index is 374. The molecule has 2 saturated heterocycles. The molecule has 2 amide bonds. The van der Waals surface area contributed by atoms with Crippen LogP contribution in [0.25, 0.3) is 0 Å². The highest BCUT2D eigenvalue weighted by atomic mass is 32.2. The van der Waals surface area contributed by atoms with Crippen molar-refractivity contribution >= 4 is 29.5 Å². The Balaban J connectivity index is 2.00. The molecule has 6 nitrogen and oxygen atoms in total. The van der Waals surface area contributed by atoms with Crippen LogP contribution in [0.5, 0.6) is 0 Å². The smallest absolute Gasteiger partial charge is 0.329 e. The van der Waals surface area contributed by atoms with Gasteiger partial charge in [0.1, 0.15) is 12.1 Å². The fourth-order valence-corrected chi connectivity index (χ4v) is 3.24. The van der Waals surface area contributed by atoms with Crippen LogP contribution in [0.1, 0.15) is 19.8 Å². The summed E-state index contributed by atoms with van der Waals surface area (Å²) in [6.45, 7) is 2.05. The summed E-state index contributed by atoms with van der Waals surface area (Å²) in [6, 6.07) is -0.993. The van der Waals surface area contributed by atoms with Crippen LogP contribution in [-0.4, -0.2) is 53.0 Å². The fraction of sp³-hybridized carbons (Fsp3) is 0.727. The monoisotopic (exact) mass is 272 g/mol. The van der Waals surface area contributed by atoms with Gasteiger partial charge in [-0.2, -0.15) is 0 Å². The quantitative estimate of drug-likeness (QED) is 0.716. The van der Waals surface area contributed by atoms with Crippen molar-refractivity contribution in [2.45, 2.75) is 31.8 Å². The largest absolute Gasteiger partial charge is 0.464 e. The van der Waals surface area contributed by atoms with Gasteiger partial charge in [-0.25, -0.2) is 4.79 Å². The summed E-state index contributed by atoms with van der Waals surface area (Å²) in [6.07, 6.45) is 0.885. The lowest BCUT2D eigenvalue weighted by molar-refractivity contribution is -0.153. The number of amides is 2. The molecule has 2 heterocycles. The van der Waals surface area contributed by atoms with Gasteiger partial charge in [0.25, 0.3) is 0 Å². The number of thioether (sulfide) groups is 1. The van der Waals surface area contributed by atoms with E-state index in [2.05, 4.69) is 5.32 Å². The molecule has 2 rings (SSSR count). The Labute approximate surface area is 109 Å². The minimum absolute atomic E-state index is 0.104. The number of hydrogen-bond donors (Lipinski definition) is 1. The maximum Gasteiger partial charge on any atom is 0.329 e. The zero-order valence-electron chi connectivity index (χ0n) is 10.2. The first-order chi connectivity index (χ1) is 8.63. The van der Waals surface area contributed by atoms with E-state index in [9.17, 15) is 14.4 Å². The fourth-order valence-electron chi connectivity index (χ4n) is 2.09. The van der Waals surface area contributed by atoms with Crippen LogP contribution in [0.4, 0.5) is 0 Å². The van der Waals surface area contributed by atoms with Gasteiger partial charge >= 0.3 is 5.97 Å². The third kappa shape index (κ3) is 2.60. The molecular formula is C11H16N2O4S. The predicted octanol–water partition coefficient (Wildman–Crippen LogP) is -0.270. The van der Waals surface area contributed by atoms with Gasteiger partial charge in [0, 0.05) is 12.2 Å². The molecule has 2 aliphatic heterocycles. The number of hydrogen-bond acceptors (Lipinski definition) is 5. The topological polar surface area (TPSA) is 75.7 Å². The second-order valence-corrected chi connectivity index (χ2v) is 5.23. The molecule has 0 aromatic rings. The predicted molar refractivity (Wildman–Crippen MR) is 65.8 cm³/mol. The van der Waals surface area contributed by atoms with Crippen molar-refractivity contribution in [3.8, 4) is 0 Å². The first kappa shape index (κ1) is 13.2. The third-order valence-electron chi connectivity index (χ3n) is 3.02. The van der Waals surface area contributed by atoms with E-state index in [-0.39, 0.29) is 17.8 Å². The van der Waals surface area contributed by atoms with E-state index < -0.39 is 12.1 Å². The number of esters is 1.